The van der Waals surface area contributed by atoms with Crippen molar-refractivity contribution in [1.29, 1.82) is 0 Å². The Bertz CT molecular complexity index is 533. The van der Waals surface area contributed by atoms with Crippen LogP contribution in [0.5, 0.6) is 0 Å². The second-order valence-corrected chi connectivity index (χ2v) is 13.1. The van der Waals surface area contributed by atoms with Crippen molar-refractivity contribution in [3.8, 4) is 0 Å². The molecule has 2 heteroatoms. The van der Waals surface area contributed by atoms with Crippen molar-refractivity contribution in [2.24, 2.45) is 0 Å². The van der Waals surface area contributed by atoms with Crippen molar-refractivity contribution in [3.05, 3.63) is 59.9 Å². The van der Waals surface area contributed by atoms with Crippen LogP contribution in [0, 0.1) is 6.92 Å². The fourth-order valence-electron chi connectivity index (χ4n) is 3.96. The molecule has 1 rings (SSSR count). The highest BCUT2D eigenvalue weighted by Gasteiger charge is 2.46. The minimum atomic E-state index is -1.87. The minimum Gasteiger partial charge on any atom is -0.543 e. The van der Waals surface area contributed by atoms with E-state index in [2.05, 4.69) is 91.5 Å². The molecule has 0 radical (unpaired) electrons. The highest BCUT2D eigenvalue weighted by Crippen LogP contribution is 2.43. The van der Waals surface area contributed by atoms with E-state index in [-0.39, 0.29) is 0 Å². The maximum atomic E-state index is 6.56. The Morgan fingerprint density at radius 3 is 2.08 bits per heavy atom. The summed E-state index contributed by atoms with van der Waals surface area (Å²) in [4.78, 5) is 0. The van der Waals surface area contributed by atoms with E-state index in [4.69, 9.17) is 4.43 Å². The van der Waals surface area contributed by atoms with E-state index in [9.17, 15) is 0 Å². The van der Waals surface area contributed by atoms with E-state index in [1.165, 1.54) is 11.1 Å². The van der Waals surface area contributed by atoms with Gasteiger partial charge in [-0.15, -0.1) is 0 Å². The number of hydrogen-bond acceptors (Lipinski definition) is 1. The fraction of sp³-hybridized carbons (Fsp3) is 0.545. The average molecular weight is 345 g/mol. The van der Waals surface area contributed by atoms with Crippen LogP contribution in [0.4, 0.5) is 0 Å². The Labute approximate surface area is 151 Å². The quantitative estimate of drug-likeness (QED) is 0.262. The highest BCUT2D eigenvalue weighted by molar-refractivity contribution is 6.77. The van der Waals surface area contributed by atoms with E-state index in [0.29, 0.717) is 16.6 Å². The van der Waals surface area contributed by atoms with Gasteiger partial charge >= 0.3 is 0 Å². The molecule has 0 aliphatic heterocycles. The molecule has 134 valence electrons. The third-order valence-corrected chi connectivity index (χ3v) is 11.2. The number of rotatable bonds is 9. The van der Waals surface area contributed by atoms with Crippen LogP contribution < -0.4 is 0 Å². The van der Waals surface area contributed by atoms with Crippen molar-refractivity contribution in [2.45, 2.75) is 77.9 Å². The Kier molecular flexibility index (Phi) is 8.01. The van der Waals surface area contributed by atoms with Gasteiger partial charge in [-0.05, 0) is 53.6 Å². The molecule has 1 nitrogen and oxygen atoms in total. The molecule has 1 aromatic rings. The fourth-order valence-corrected chi connectivity index (χ4v) is 9.19. The first-order valence-electron chi connectivity index (χ1n) is 9.30. The van der Waals surface area contributed by atoms with Crippen LogP contribution >= 0.6 is 0 Å². The SMILES string of the molecule is C=C(/C=C/CCc1ccccc1C)O[Si](C(C)C)(C(C)C)C(C)C. The van der Waals surface area contributed by atoms with Gasteiger partial charge in [0.05, 0.1) is 5.76 Å². The Hall–Kier alpha value is -1.28. The van der Waals surface area contributed by atoms with Gasteiger partial charge in [0, 0.05) is 0 Å². The van der Waals surface area contributed by atoms with Gasteiger partial charge < -0.3 is 4.43 Å². The van der Waals surface area contributed by atoms with Crippen molar-refractivity contribution in [2.75, 3.05) is 0 Å². The molecule has 0 aliphatic carbocycles. The zero-order valence-corrected chi connectivity index (χ0v) is 17.7. The van der Waals surface area contributed by atoms with Crippen molar-refractivity contribution < 1.29 is 4.43 Å². The molecular weight excluding hydrogens is 308 g/mol. The van der Waals surface area contributed by atoms with Gasteiger partial charge in [-0.2, -0.15) is 0 Å². The Morgan fingerprint density at radius 1 is 1.04 bits per heavy atom. The summed E-state index contributed by atoms with van der Waals surface area (Å²) in [5.41, 5.74) is 4.52. The topological polar surface area (TPSA) is 9.23 Å². The van der Waals surface area contributed by atoms with E-state index < -0.39 is 8.32 Å². The Balaban J connectivity index is 2.68. The molecule has 0 atom stereocenters. The van der Waals surface area contributed by atoms with Crippen molar-refractivity contribution in [3.63, 3.8) is 0 Å². The summed E-state index contributed by atoms with van der Waals surface area (Å²) in [5, 5.41) is 0. The Morgan fingerprint density at radius 2 is 1.58 bits per heavy atom. The van der Waals surface area contributed by atoms with Crippen LogP contribution in [0.3, 0.4) is 0 Å². The smallest absolute Gasteiger partial charge is 0.258 e. The van der Waals surface area contributed by atoms with E-state index in [0.717, 1.165) is 18.6 Å². The average Bonchev–Trinajstić information content (AvgIpc) is 2.49. The van der Waals surface area contributed by atoms with Crippen LogP contribution in [0.25, 0.3) is 0 Å². The zero-order valence-electron chi connectivity index (χ0n) is 16.7. The third-order valence-electron chi connectivity index (χ3n) is 5.16. The second kappa shape index (κ2) is 9.27. The molecule has 0 spiro atoms. The molecule has 0 bridgehead atoms. The van der Waals surface area contributed by atoms with E-state index >= 15 is 0 Å². The monoisotopic (exact) mass is 344 g/mol. The molecule has 0 saturated heterocycles. The lowest BCUT2D eigenvalue weighted by molar-refractivity contribution is 0.388. The van der Waals surface area contributed by atoms with Crippen LogP contribution in [-0.4, -0.2) is 8.32 Å². The number of hydrogen-bond donors (Lipinski definition) is 0. The first kappa shape index (κ1) is 20.8. The molecule has 0 N–H and O–H groups in total. The lowest BCUT2D eigenvalue weighted by Gasteiger charge is -2.42. The minimum absolute atomic E-state index is 0.578. The molecular formula is C22H36OSi. The molecule has 0 heterocycles. The van der Waals surface area contributed by atoms with Gasteiger partial charge in [0.2, 0.25) is 0 Å². The molecule has 0 fully saturated rings. The van der Waals surface area contributed by atoms with Crippen molar-refractivity contribution in [1.82, 2.24) is 0 Å². The molecule has 0 aromatic heterocycles. The van der Waals surface area contributed by atoms with Crippen LogP contribution in [-0.2, 0) is 10.8 Å². The first-order valence-corrected chi connectivity index (χ1v) is 11.4. The summed E-state index contributed by atoms with van der Waals surface area (Å²) in [6, 6.07) is 8.60. The van der Waals surface area contributed by atoms with Crippen molar-refractivity contribution >= 4 is 8.32 Å². The molecule has 0 saturated carbocycles. The molecule has 0 aliphatic rings. The van der Waals surface area contributed by atoms with Crippen LogP contribution in [0.1, 0.15) is 59.1 Å². The summed E-state index contributed by atoms with van der Waals surface area (Å²) in [6.07, 6.45) is 6.37. The third kappa shape index (κ3) is 5.11. The number of allylic oxidation sites excluding steroid dienone is 2. The summed E-state index contributed by atoms with van der Waals surface area (Å²) in [6.45, 7) is 20.2. The molecule has 0 unspecified atom stereocenters. The van der Waals surface area contributed by atoms with E-state index in [1.54, 1.807) is 0 Å². The number of benzene rings is 1. The van der Waals surface area contributed by atoms with E-state index in [1.807, 2.05) is 0 Å². The van der Waals surface area contributed by atoms with Gasteiger partial charge in [-0.3, -0.25) is 0 Å². The molecule has 24 heavy (non-hydrogen) atoms. The summed E-state index contributed by atoms with van der Waals surface area (Å²) in [7, 11) is -1.87. The second-order valence-electron chi connectivity index (χ2n) is 7.75. The maximum absolute atomic E-state index is 6.56. The van der Waals surface area contributed by atoms with Gasteiger partial charge in [0.1, 0.15) is 0 Å². The number of aryl methyl sites for hydroxylation is 2. The zero-order chi connectivity index (χ0) is 18.3. The lowest BCUT2D eigenvalue weighted by Crippen LogP contribution is -2.47. The predicted molar refractivity (Wildman–Crippen MR) is 110 cm³/mol. The normalized spacial score (nSPS) is 12.6. The van der Waals surface area contributed by atoms with Gasteiger partial charge in [-0.1, -0.05) is 78.5 Å². The lowest BCUT2D eigenvalue weighted by atomic mass is 10.0. The van der Waals surface area contributed by atoms with Gasteiger partial charge in [-0.25, -0.2) is 0 Å². The summed E-state index contributed by atoms with van der Waals surface area (Å²) < 4.78 is 6.56. The maximum Gasteiger partial charge on any atom is 0.258 e. The largest absolute Gasteiger partial charge is 0.543 e. The summed E-state index contributed by atoms with van der Waals surface area (Å²) >= 11 is 0. The highest BCUT2D eigenvalue weighted by atomic mass is 28.4. The van der Waals surface area contributed by atoms with Gasteiger partial charge in [0.25, 0.3) is 8.32 Å². The predicted octanol–water partition coefficient (Wildman–Crippen LogP) is 7.19. The van der Waals surface area contributed by atoms with Gasteiger partial charge in [0.15, 0.2) is 0 Å². The molecule has 0 amide bonds. The first-order chi connectivity index (χ1) is 11.2. The summed E-state index contributed by atoms with van der Waals surface area (Å²) in [5.74, 6) is 0.836. The van der Waals surface area contributed by atoms with Crippen LogP contribution in [0.15, 0.2) is 48.8 Å². The van der Waals surface area contributed by atoms with Crippen LogP contribution in [0.2, 0.25) is 16.6 Å². The standard InChI is InChI=1S/C22H36OSi/c1-17(2)24(18(3)4,19(5)6)23-21(8)14-10-12-16-22-15-11-9-13-20(22)7/h9-11,13-15,17-19H,8,12,16H2,1-7H3/b14-10+. The molecule has 1 aromatic carbocycles.